The van der Waals surface area contributed by atoms with Gasteiger partial charge in [-0.2, -0.15) is 4.31 Å². The van der Waals surface area contributed by atoms with Crippen LogP contribution in [0.2, 0.25) is 10.0 Å². The van der Waals surface area contributed by atoms with Crippen LogP contribution in [0.5, 0.6) is 0 Å². The summed E-state index contributed by atoms with van der Waals surface area (Å²) in [6.45, 7) is 2.39. The number of nitrogens with one attached hydrogen (secondary N) is 1. The van der Waals surface area contributed by atoms with E-state index >= 15 is 0 Å². The number of carbonyl (C=O) groups excluding carboxylic acids is 2. The van der Waals surface area contributed by atoms with Gasteiger partial charge < -0.3 is 10.2 Å². The number of halogens is 2. The van der Waals surface area contributed by atoms with E-state index in [0.29, 0.717) is 0 Å². The number of rotatable bonds is 6. The smallest absolute Gasteiger partial charge is 0.253 e. The van der Waals surface area contributed by atoms with Crippen LogP contribution in [0, 0.1) is 0 Å². The third-order valence-corrected chi connectivity index (χ3v) is 7.44. The van der Waals surface area contributed by atoms with Gasteiger partial charge in [-0.1, -0.05) is 59.6 Å². The number of nitrogens with zero attached hydrogens (tertiary/aromatic N) is 2. The summed E-state index contributed by atoms with van der Waals surface area (Å²) in [5.41, 5.74) is 0.967. The van der Waals surface area contributed by atoms with Crippen molar-refractivity contribution in [3.05, 3.63) is 75.1 Å². The van der Waals surface area contributed by atoms with Gasteiger partial charge in [0.1, 0.15) is 6.04 Å². The maximum atomic E-state index is 12.8. The van der Waals surface area contributed by atoms with E-state index in [2.05, 4.69) is 5.32 Å². The Morgan fingerprint density at radius 2 is 1.66 bits per heavy atom. The van der Waals surface area contributed by atoms with Crippen LogP contribution >= 0.6 is 23.2 Å². The van der Waals surface area contributed by atoms with Crippen molar-refractivity contribution in [1.29, 1.82) is 0 Å². The third-order valence-electron chi connectivity index (χ3n) is 5.06. The molecule has 1 saturated heterocycles. The summed E-state index contributed by atoms with van der Waals surface area (Å²) in [6, 6.07) is 13.0. The zero-order valence-electron chi connectivity index (χ0n) is 17.4. The molecule has 2 amide bonds. The van der Waals surface area contributed by atoms with E-state index in [1.54, 1.807) is 25.1 Å². The van der Waals surface area contributed by atoms with Gasteiger partial charge in [0, 0.05) is 31.6 Å². The first kappa shape index (κ1) is 24.3. The second kappa shape index (κ2) is 10.5. The number of hydrogen-bond acceptors (Lipinski definition) is 4. The average Bonchev–Trinajstić information content (AvgIpc) is 2.79. The van der Waals surface area contributed by atoms with Crippen molar-refractivity contribution in [1.82, 2.24) is 14.5 Å². The highest BCUT2D eigenvalue weighted by molar-refractivity contribution is 7.92. The molecule has 0 bridgehead atoms. The fourth-order valence-corrected chi connectivity index (χ4v) is 4.83. The van der Waals surface area contributed by atoms with Crippen LogP contribution in [0.3, 0.4) is 0 Å². The summed E-state index contributed by atoms with van der Waals surface area (Å²) in [4.78, 5) is 26.8. The molecule has 32 heavy (non-hydrogen) atoms. The van der Waals surface area contributed by atoms with Crippen LogP contribution in [0.1, 0.15) is 22.8 Å². The maximum absolute atomic E-state index is 12.8. The summed E-state index contributed by atoms with van der Waals surface area (Å²) in [6.07, 6.45) is 1.55. The van der Waals surface area contributed by atoms with E-state index in [4.69, 9.17) is 23.2 Å². The summed E-state index contributed by atoms with van der Waals surface area (Å²) in [5.74, 6) is -0.806. The molecule has 1 heterocycles. The first-order valence-electron chi connectivity index (χ1n) is 9.96. The van der Waals surface area contributed by atoms with E-state index in [0.717, 1.165) is 5.56 Å². The van der Waals surface area contributed by atoms with Gasteiger partial charge in [0.05, 0.1) is 15.6 Å². The fourth-order valence-electron chi connectivity index (χ4n) is 3.27. The fraction of sp³-hybridized carbons (Fsp3) is 0.273. The van der Waals surface area contributed by atoms with Gasteiger partial charge >= 0.3 is 0 Å². The molecule has 170 valence electrons. The molecule has 0 aliphatic carbocycles. The van der Waals surface area contributed by atoms with Gasteiger partial charge in [0.25, 0.3) is 5.91 Å². The second-order valence-corrected chi connectivity index (χ2v) is 9.88. The van der Waals surface area contributed by atoms with E-state index in [1.807, 2.05) is 30.3 Å². The molecule has 1 atom stereocenters. The highest BCUT2D eigenvalue weighted by atomic mass is 35.5. The van der Waals surface area contributed by atoms with Crippen molar-refractivity contribution >= 4 is 51.1 Å². The minimum Gasteiger partial charge on any atom is -0.340 e. The average molecular weight is 496 g/mol. The summed E-state index contributed by atoms with van der Waals surface area (Å²) < 4.78 is 26.5. The molecular weight excluding hydrogens is 473 g/mol. The molecule has 0 radical (unpaired) electrons. The number of piperazine rings is 1. The Bertz CT molecular complexity index is 1120. The van der Waals surface area contributed by atoms with Crippen LogP contribution in [0.15, 0.2) is 53.9 Å². The monoisotopic (exact) mass is 495 g/mol. The van der Waals surface area contributed by atoms with Gasteiger partial charge in [-0.05, 0) is 30.7 Å². The number of hydrogen-bond donors (Lipinski definition) is 1. The third kappa shape index (κ3) is 5.89. The molecule has 2 aromatic carbocycles. The summed E-state index contributed by atoms with van der Waals surface area (Å²) >= 11 is 12.0. The zero-order valence-corrected chi connectivity index (χ0v) is 19.7. The van der Waals surface area contributed by atoms with E-state index in [9.17, 15) is 18.0 Å². The molecule has 3 rings (SSSR count). The molecule has 1 unspecified atom stereocenters. The van der Waals surface area contributed by atoms with Gasteiger partial charge in [-0.25, -0.2) is 8.42 Å². The standard InChI is InChI=1S/C22H23Cl2N3O4S/c1-16(25-21(28)18-8-5-9-19(23)20(18)24)22(29)26-11-13-27(14-12-26)32(30,31)15-10-17-6-3-2-4-7-17/h2-10,15-16H,11-14H2,1H3,(H,25,28)/b15-10+. The van der Waals surface area contributed by atoms with Crippen molar-refractivity contribution in [2.75, 3.05) is 26.2 Å². The van der Waals surface area contributed by atoms with Crippen LogP contribution in [-0.2, 0) is 14.8 Å². The van der Waals surface area contributed by atoms with Crippen LogP contribution < -0.4 is 5.32 Å². The normalized spacial score (nSPS) is 16.2. The van der Waals surface area contributed by atoms with E-state index < -0.39 is 22.0 Å². The number of amides is 2. The number of sulfonamides is 1. The summed E-state index contributed by atoms with van der Waals surface area (Å²) in [5, 5.41) is 4.17. The molecule has 0 aromatic heterocycles. The Morgan fingerprint density at radius 3 is 2.31 bits per heavy atom. The molecule has 1 aliphatic rings. The maximum Gasteiger partial charge on any atom is 0.253 e. The molecular formula is C22H23Cl2N3O4S. The van der Waals surface area contributed by atoms with Crippen molar-refractivity contribution < 1.29 is 18.0 Å². The van der Waals surface area contributed by atoms with Crippen LogP contribution in [0.4, 0.5) is 0 Å². The quantitative estimate of drug-likeness (QED) is 0.666. The molecule has 1 N–H and O–H groups in total. The van der Waals surface area contributed by atoms with Gasteiger partial charge in [0.2, 0.25) is 15.9 Å². The topological polar surface area (TPSA) is 86.8 Å². The Morgan fingerprint density at radius 1 is 1.00 bits per heavy atom. The second-order valence-electron chi connectivity index (χ2n) is 7.28. The lowest BCUT2D eigenvalue weighted by atomic mass is 10.2. The van der Waals surface area contributed by atoms with E-state index in [-0.39, 0.29) is 47.7 Å². The SMILES string of the molecule is CC(NC(=O)c1cccc(Cl)c1Cl)C(=O)N1CCN(S(=O)(=O)/C=C/c2ccccc2)CC1. The lowest BCUT2D eigenvalue weighted by molar-refractivity contribution is -0.134. The molecule has 2 aromatic rings. The molecule has 1 aliphatic heterocycles. The van der Waals surface area contributed by atoms with Gasteiger partial charge in [-0.3, -0.25) is 9.59 Å². The van der Waals surface area contributed by atoms with Crippen LogP contribution in [0.25, 0.3) is 6.08 Å². The van der Waals surface area contributed by atoms with Crippen molar-refractivity contribution in [3.63, 3.8) is 0 Å². The molecule has 0 saturated carbocycles. The minimum absolute atomic E-state index is 0.119. The Balaban J connectivity index is 1.56. The van der Waals surface area contributed by atoms with Crippen LogP contribution in [-0.4, -0.2) is 61.7 Å². The molecule has 7 nitrogen and oxygen atoms in total. The largest absolute Gasteiger partial charge is 0.340 e. The Kier molecular flexibility index (Phi) is 7.95. The predicted octanol–water partition coefficient (Wildman–Crippen LogP) is 3.26. The highest BCUT2D eigenvalue weighted by Crippen LogP contribution is 2.25. The lowest BCUT2D eigenvalue weighted by Gasteiger charge is -2.34. The highest BCUT2D eigenvalue weighted by Gasteiger charge is 2.30. The van der Waals surface area contributed by atoms with Gasteiger partial charge in [0.15, 0.2) is 0 Å². The summed E-state index contributed by atoms with van der Waals surface area (Å²) in [7, 11) is -3.60. The van der Waals surface area contributed by atoms with Crippen molar-refractivity contribution in [3.8, 4) is 0 Å². The number of benzene rings is 2. The van der Waals surface area contributed by atoms with E-state index in [1.165, 1.54) is 20.7 Å². The van der Waals surface area contributed by atoms with Gasteiger partial charge in [-0.15, -0.1) is 0 Å². The van der Waals surface area contributed by atoms with Crippen molar-refractivity contribution in [2.45, 2.75) is 13.0 Å². The molecule has 0 spiro atoms. The molecule has 10 heteroatoms. The Labute approximate surface area is 197 Å². The molecule has 1 fully saturated rings. The predicted molar refractivity (Wildman–Crippen MR) is 126 cm³/mol. The Hall–Kier alpha value is -2.39. The lowest BCUT2D eigenvalue weighted by Crippen LogP contribution is -2.54. The van der Waals surface area contributed by atoms with Crippen molar-refractivity contribution in [2.24, 2.45) is 0 Å². The minimum atomic E-state index is -3.60. The number of carbonyl (C=O) groups is 2. The first-order valence-corrected chi connectivity index (χ1v) is 12.2. The first-order chi connectivity index (χ1) is 15.2. The zero-order chi connectivity index (χ0) is 23.3.